The molecule has 1 saturated heterocycles. The quantitative estimate of drug-likeness (QED) is 0.833. The summed E-state index contributed by atoms with van der Waals surface area (Å²) < 4.78 is 38.8. The average Bonchev–Trinajstić information content (AvgIpc) is 2.80. The summed E-state index contributed by atoms with van der Waals surface area (Å²) in [6.07, 6.45) is -4.24. The van der Waals surface area contributed by atoms with Crippen molar-refractivity contribution in [2.24, 2.45) is 0 Å². The largest absolute Gasteiger partial charge is 0.416 e. The van der Waals surface area contributed by atoms with Crippen molar-refractivity contribution >= 4 is 17.5 Å². The van der Waals surface area contributed by atoms with Gasteiger partial charge in [-0.25, -0.2) is 0 Å². The van der Waals surface area contributed by atoms with Gasteiger partial charge in [0.15, 0.2) is 0 Å². The first kappa shape index (κ1) is 21.0. The number of hydrogen-bond donors (Lipinski definition) is 1. The van der Waals surface area contributed by atoms with Crippen LogP contribution in [0.2, 0.25) is 0 Å². The Balaban J connectivity index is 2.20. The van der Waals surface area contributed by atoms with Crippen molar-refractivity contribution in [3.63, 3.8) is 0 Å². The number of carbonyl (C=O) groups excluding carboxylic acids is 2. The number of alkyl halides is 3. The first-order chi connectivity index (χ1) is 12.6. The number of benzene rings is 1. The van der Waals surface area contributed by atoms with Gasteiger partial charge in [-0.05, 0) is 24.6 Å². The van der Waals surface area contributed by atoms with E-state index in [1.54, 1.807) is 25.1 Å². The normalized spacial score (nSPS) is 16.9. The minimum Gasteiger partial charge on any atom is -0.396 e. The zero-order valence-corrected chi connectivity index (χ0v) is 15.4. The molecule has 150 valence electrons. The van der Waals surface area contributed by atoms with Crippen LogP contribution in [-0.4, -0.2) is 73.1 Å². The van der Waals surface area contributed by atoms with Crippen LogP contribution >= 0.6 is 0 Å². The summed E-state index contributed by atoms with van der Waals surface area (Å²) in [6, 6.07) is 4.21. The highest BCUT2D eigenvalue weighted by Gasteiger charge is 2.34. The van der Waals surface area contributed by atoms with Crippen LogP contribution in [0.15, 0.2) is 24.3 Å². The van der Waals surface area contributed by atoms with Gasteiger partial charge >= 0.3 is 6.18 Å². The van der Waals surface area contributed by atoms with E-state index >= 15 is 0 Å². The fraction of sp³-hybridized carbons (Fsp3) is 0.556. The predicted molar refractivity (Wildman–Crippen MR) is 94.2 cm³/mol. The van der Waals surface area contributed by atoms with Gasteiger partial charge in [0, 0.05) is 52.4 Å². The van der Waals surface area contributed by atoms with Crippen molar-refractivity contribution in [3.05, 3.63) is 29.8 Å². The molecule has 1 unspecified atom stereocenters. The van der Waals surface area contributed by atoms with E-state index in [1.807, 2.05) is 0 Å². The van der Waals surface area contributed by atoms with E-state index in [2.05, 4.69) is 0 Å². The van der Waals surface area contributed by atoms with E-state index in [0.29, 0.717) is 12.2 Å². The molecule has 1 atom stereocenters. The van der Waals surface area contributed by atoms with E-state index in [-0.39, 0.29) is 44.4 Å². The third-order valence-electron chi connectivity index (χ3n) is 4.57. The number of rotatable bonds is 5. The molecule has 0 aliphatic carbocycles. The lowest BCUT2D eigenvalue weighted by molar-refractivity contribution is -0.144. The van der Waals surface area contributed by atoms with Gasteiger partial charge in [0.1, 0.15) is 6.04 Å². The third-order valence-corrected chi connectivity index (χ3v) is 4.57. The van der Waals surface area contributed by atoms with Gasteiger partial charge in [-0.2, -0.15) is 13.2 Å². The highest BCUT2D eigenvalue weighted by molar-refractivity contribution is 5.88. The maximum atomic E-state index is 12.9. The Labute approximate surface area is 156 Å². The van der Waals surface area contributed by atoms with Crippen LogP contribution in [0.4, 0.5) is 18.9 Å². The number of anilines is 1. The molecule has 1 aromatic carbocycles. The van der Waals surface area contributed by atoms with Crippen molar-refractivity contribution in [2.75, 3.05) is 45.2 Å². The Kier molecular flexibility index (Phi) is 6.69. The highest BCUT2D eigenvalue weighted by atomic mass is 19.4. The summed E-state index contributed by atoms with van der Waals surface area (Å²) in [5, 5.41) is 9.27. The molecule has 6 nitrogen and oxygen atoms in total. The first-order valence-electron chi connectivity index (χ1n) is 8.69. The van der Waals surface area contributed by atoms with Crippen molar-refractivity contribution in [2.45, 2.75) is 25.1 Å². The van der Waals surface area contributed by atoms with E-state index in [1.165, 1.54) is 15.9 Å². The van der Waals surface area contributed by atoms with Crippen molar-refractivity contribution in [3.8, 4) is 0 Å². The van der Waals surface area contributed by atoms with Gasteiger partial charge in [-0.1, -0.05) is 6.07 Å². The van der Waals surface area contributed by atoms with Crippen LogP contribution in [0.5, 0.6) is 0 Å². The van der Waals surface area contributed by atoms with Crippen molar-refractivity contribution in [1.82, 2.24) is 9.80 Å². The molecule has 9 heteroatoms. The smallest absolute Gasteiger partial charge is 0.396 e. The second kappa shape index (κ2) is 8.60. The van der Waals surface area contributed by atoms with Gasteiger partial charge < -0.3 is 19.8 Å². The number of halogens is 3. The lowest BCUT2D eigenvalue weighted by Gasteiger charge is -2.31. The van der Waals surface area contributed by atoms with Gasteiger partial charge in [0.2, 0.25) is 11.8 Å². The molecule has 0 saturated carbocycles. The Bertz CT molecular complexity index is 679. The van der Waals surface area contributed by atoms with Crippen LogP contribution in [-0.2, 0) is 15.8 Å². The first-order valence-corrected chi connectivity index (χ1v) is 8.69. The van der Waals surface area contributed by atoms with Crippen molar-refractivity contribution in [1.29, 1.82) is 0 Å². The summed E-state index contributed by atoms with van der Waals surface area (Å²) >= 11 is 0. The summed E-state index contributed by atoms with van der Waals surface area (Å²) in [5.74, 6) is -0.539. The molecular formula is C18H24F3N3O3. The molecule has 0 radical (unpaired) electrons. The molecule has 1 fully saturated rings. The second-order valence-corrected chi connectivity index (χ2v) is 6.63. The fourth-order valence-corrected chi connectivity index (χ4v) is 3.14. The SMILES string of the molecule is CN(C)C(=O)C(CCO)N1CCN(c2cccc(C(F)(F)F)c2)CCC1=O. The Morgan fingerprint density at radius 3 is 2.56 bits per heavy atom. The van der Waals surface area contributed by atoms with Crippen LogP contribution in [0.1, 0.15) is 18.4 Å². The van der Waals surface area contributed by atoms with E-state index in [9.17, 15) is 27.9 Å². The van der Waals surface area contributed by atoms with Crippen LogP contribution in [0, 0.1) is 0 Å². The highest BCUT2D eigenvalue weighted by Crippen LogP contribution is 2.32. The molecule has 1 aromatic rings. The third kappa shape index (κ3) is 5.12. The molecule has 2 amide bonds. The van der Waals surface area contributed by atoms with Crippen LogP contribution in [0.3, 0.4) is 0 Å². The summed E-state index contributed by atoms with van der Waals surface area (Å²) in [6.45, 7) is 0.513. The van der Waals surface area contributed by atoms with Crippen LogP contribution in [0.25, 0.3) is 0 Å². The number of amides is 2. The summed E-state index contributed by atoms with van der Waals surface area (Å²) in [4.78, 5) is 29.4. The second-order valence-electron chi connectivity index (χ2n) is 6.63. The number of nitrogens with zero attached hydrogens (tertiary/aromatic N) is 3. The van der Waals surface area contributed by atoms with Gasteiger partial charge in [-0.15, -0.1) is 0 Å². The molecule has 1 heterocycles. The molecule has 0 aromatic heterocycles. The topological polar surface area (TPSA) is 64.1 Å². The number of aliphatic hydroxyl groups is 1. The molecule has 2 rings (SSSR count). The minimum atomic E-state index is -4.44. The standard InChI is InChI=1S/C18H24F3N3O3/c1-22(2)17(27)15(7-11-25)24-10-9-23(8-6-16(24)26)14-5-3-4-13(12-14)18(19,20)21/h3-5,12,15,25H,6-11H2,1-2H3. The van der Waals surface area contributed by atoms with Gasteiger partial charge in [0.05, 0.1) is 5.56 Å². The maximum absolute atomic E-state index is 12.9. The zero-order chi connectivity index (χ0) is 20.2. The number of likely N-dealkylation sites (N-methyl/N-ethyl adjacent to an activating group) is 1. The van der Waals surface area contributed by atoms with E-state index in [4.69, 9.17) is 0 Å². The molecule has 0 bridgehead atoms. The lowest BCUT2D eigenvalue weighted by atomic mass is 10.1. The Morgan fingerprint density at radius 1 is 1.26 bits per heavy atom. The minimum absolute atomic E-state index is 0.0822. The molecule has 1 N–H and O–H groups in total. The molecule has 1 aliphatic heterocycles. The predicted octanol–water partition coefficient (Wildman–Crippen LogP) is 1.58. The molecular weight excluding hydrogens is 363 g/mol. The Hall–Kier alpha value is -2.29. The van der Waals surface area contributed by atoms with E-state index in [0.717, 1.165) is 12.1 Å². The fourth-order valence-electron chi connectivity index (χ4n) is 3.14. The average molecular weight is 387 g/mol. The molecule has 0 spiro atoms. The van der Waals surface area contributed by atoms with Crippen LogP contribution < -0.4 is 4.90 Å². The van der Waals surface area contributed by atoms with Gasteiger partial charge in [-0.3, -0.25) is 9.59 Å². The van der Waals surface area contributed by atoms with Gasteiger partial charge in [0.25, 0.3) is 0 Å². The maximum Gasteiger partial charge on any atom is 0.416 e. The Morgan fingerprint density at radius 2 is 1.96 bits per heavy atom. The zero-order valence-electron chi connectivity index (χ0n) is 15.4. The van der Waals surface area contributed by atoms with E-state index < -0.39 is 17.8 Å². The lowest BCUT2D eigenvalue weighted by Crippen LogP contribution is -2.50. The number of carbonyl (C=O) groups is 2. The monoisotopic (exact) mass is 387 g/mol. The summed E-state index contributed by atoms with van der Waals surface area (Å²) in [5.41, 5.74) is -0.356. The van der Waals surface area contributed by atoms with Crippen molar-refractivity contribution < 1.29 is 27.9 Å². The number of aliphatic hydroxyl groups excluding tert-OH is 1. The molecule has 1 aliphatic rings. The molecule has 27 heavy (non-hydrogen) atoms. The number of hydrogen-bond acceptors (Lipinski definition) is 4. The summed E-state index contributed by atoms with van der Waals surface area (Å²) in [7, 11) is 3.15.